The number of fused-ring (bicyclic) bond motifs is 2. The van der Waals surface area contributed by atoms with Crippen molar-refractivity contribution < 1.29 is 20.2 Å². The molecule has 2 aromatic rings. The molecule has 2 saturated heterocycles. The number of quaternary nitrogens is 1. The highest BCUT2D eigenvalue weighted by Crippen LogP contribution is 2.46. The van der Waals surface area contributed by atoms with E-state index >= 15 is 0 Å². The summed E-state index contributed by atoms with van der Waals surface area (Å²) in [5, 5.41) is 13.2. The van der Waals surface area contributed by atoms with Crippen molar-refractivity contribution in [3.8, 4) is 0 Å². The fraction of sp³-hybridized carbons (Fsp3) is 0.600. The fourth-order valence-corrected chi connectivity index (χ4v) is 8.29. The summed E-state index contributed by atoms with van der Waals surface area (Å²) in [6.45, 7) is 2.69. The van der Waals surface area contributed by atoms with E-state index in [0.717, 1.165) is 77.4 Å². The van der Waals surface area contributed by atoms with Gasteiger partial charge in [-0.15, -0.1) is 0 Å². The third kappa shape index (κ3) is 4.37. The number of aromatic amines is 1. The summed E-state index contributed by atoms with van der Waals surface area (Å²) in [7, 11) is 0. The number of rotatable bonds is 3. The Morgan fingerprint density at radius 3 is 2.69 bits per heavy atom. The number of hydrogen-bond donors (Lipinski definition) is 2. The van der Waals surface area contributed by atoms with Crippen molar-refractivity contribution in [2.75, 3.05) is 19.6 Å². The maximum atomic E-state index is 14.5. The van der Waals surface area contributed by atoms with Crippen LogP contribution in [0.2, 0.25) is 5.15 Å². The normalized spacial score (nSPS) is 34.5. The maximum Gasteiger partial charge on any atom is 0.273 e. The Bertz CT molecular complexity index is 1090. The largest absolute Gasteiger partial charge is 0.393 e. The molecule has 36 heavy (non-hydrogen) atoms. The van der Waals surface area contributed by atoms with Crippen LogP contribution in [0.3, 0.4) is 0 Å². The van der Waals surface area contributed by atoms with Crippen LogP contribution in [0.1, 0.15) is 74.1 Å². The van der Waals surface area contributed by atoms with Gasteiger partial charge in [-0.25, -0.2) is 0 Å². The summed E-state index contributed by atoms with van der Waals surface area (Å²) < 4.78 is 0. The van der Waals surface area contributed by atoms with Crippen molar-refractivity contribution in [3.05, 3.63) is 64.4 Å². The van der Waals surface area contributed by atoms with Crippen LogP contribution in [0, 0.1) is 11.8 Å². The minimum Gasteiger partial charge on any atom is -0.393 e. The number of piperidine rings is 1. The lowest BCUT2D eigenvalue weighted by Crippen LogP contribution is -2.82. The number of halogens is 1. The number of pyridine rings is 1. The average Bonchev–Trinajstić information content (AvgIpc) is 3.32. The number of carbonyl (C=O) groups excluding carboxylic acids is 1. The molecule has 0 bridgehead atoms. The molecule has 2 aliphatic heterocycles. The molecule has 4 N–H and O–H groups in total. The highest BCUT2D eigenvalue weighted by atomic mass is 35.5. The third-order valence-electron chi connectivity index (χ3n) is 9.94. The Hall–Kier alpha value is -1.95. The average molecular weight is 510 g/mol. The first-order valence-corrected chi connectivity index (χ1v) is 14.5. The molecule has 1 spiro atoms. The summed E-state index contributed by atoms with van der Waals surface area (Å²) >= 11 is 6.32. The number of hydrogen-bond acceptors (Lipinski definition) is 2. The van der Waals surface area contributed by atoms with Crippen molar-refractivity contribution in [2.45, 2.75) is 81.3 Å². The molecule has 6 rings (SSSR count). The van der Waals surface area contributed by atoms with Gasteiger partial charge < -0.3 is 15.3 Å². The van der Waals surface area contributed by atoms with Crippen LogP contribution in [0.4, 0.5) is 0 Å². The molecule has 0 radical (unpaired) electrons. The number of aryl methyl sites for hydroxylation is 1. The molecule has 4 atom stereocenters. The fourth-order valence-electron chi connectivity index (χ4n) is 8.11. The topological polar surface area (TPSA) is 71.3 Å². The first-order chi connectivity index (χ1) is 17.5. The van der Waals surface area contributed by atoms with E-state index in [2.05, 4.69) is 51.6 Å². The van der Waals surface area contributed by atoms with E-state index in [1.807, 2.05) is 6.07 Å². The van der Waals surface area contributed by atoms with Crippen molar-refractivity contribution >= 4 is 17.5 Å². The maximum absolute atomic E-state index is 14.5. The minimum atomic E-state index is -0.173. The van der Waals surface area contributed by atoms with Crippen molar-refractivity contribution in [1.82, 2.24) is 4.90 Å². The predicted octanol–water partition coefficient (Wildman–Crippen LogP) is 3.25. The number of carbonyl (C=O) groups is 1. The summed E-state index contributed by atoms with van der Waals surface area (Å²) in [5.41, 5.74) is 3.85. The van der Waals surface area contributed by atoms with Gasteiger partial charge in [0.1, 0.15) is 5.92 Å². The molecule has 5 nitrogen and oxygen atoms in total. The Morgan fingerprint density at radius 1 is 1.08 bits per heavy atom. The molecule has 1 saturated carbocycles. The lowest BCUT2D eigenvalue weighted by Gasteiger charge is -2.47. The van der Waals surface area contributed by atoms with Crippen LogP contribution in [0.5, 0.6) is 0 Å². The van der Waals surface area contributed by atoms with Gasteiger partial charge in [0, 0.05) is 30.6 Å². The quantitative estimate of drug-likeness (QED) is 0.623. The molecule has 3 fully saturated rings. The van der Waals surface area contributed by atoms with Gasteiger partial charge >= 0.3 is 0 Å². The van der Waals surface area contributed by atoms with Crippen molar-refractivity contribution in [2.24, 2.45) is 11.8 Å². The monoisotopic (exact) mass is 509 g/mol. The zero-order chi connectivity index (χ0) is 24.7. The Balaban J connectivity index is 1.30. The molecular formula is C30H40ClN3O2+2. The number of likely N-dealkylation sites (tertiary alicyclic amines) is 1. The first kappa shape index (κ1) is 24.4. The summed E-state index contributed by atoms with van der Waals surface area (Å²) in [6, 6.07) is 15.3. The van der Waals surface area contributed by atoms with Crippen LogP contribution in [0.15, 0.2) is 42.5 Å². The molecule has 6 heteroatoms. The molecule has 1 aromatic heterocycles. The molecule has 4 aliphatic rings. The number of aliphatic hydroxyl groups excluding tert-OH is 1. The zero-order valence-corrected chi connectivity index (χ0v) is 21.9. The number of aliphatic hydroxyl groups is 1. The molecular weight excluding hydrogens is 470 g/mol. The second-order valence-electron chi connectivity index (χ2n) is 11.8. The van der Waals surface area contributed by atoms with Crippen LogP contribution in [-0.4, -0.2) is 47.7 Å². The minimum absolute atomic E-state index is 0.0103. The summed E-state index contributed by atoms with van der Waals surface area (Å²) in [4.78, 5) is 20.2. The molecule has 1 amide bonds. The number of nitrogens with zero attached hydrogens (tertiary/aromatic N) is 1. The van der Waals surface area contributed by atoms with E-state index in [1.54, 1.807) is 0 Å². The summed E-state index contributed by atoms with van der Waals surface area (Å²) in [6.07, 6.45) is 8.86. The molecule has 2 aliphatic carbocycles. The van der Waals surface area contributed by atoms with Crippen LogP contribution in [0.25, 0.3) is 0 Å². The SMILES string of the molecule is O=C(C1C[NH2+]C[C@]12CCCc1[nH+]c(Cl)ccc12)N1CCC(c2ccccc2)CC1C1CCC(O)CC1. The number of aromatic nitrogens is 1. The lowest BCUT2D eigenvalue weighted by molar-refractivity contribution is -0.640. The van der Waals surface area contributed by atoms with Gasteiger partial charge in [-0.05, 0) is 86.4 Å². The molecule has 192 valence electrons. The highest BCUT2D eigenvalue weighted by Gasteiger charge is 2.56. The van der Waals surface area contributed by atoms with Crippen LogP contribution in [-0.2, 0) is 16.6 Å². The standard InChI is InChI=1S/C30H38ClN3O2/c31-28-13-12-24-26(33-28)7-4-15-30(24)19-32-18-25(30)29(36)34-16-14-22(20-5-2-1-3-6-20)17-27(34)21-8-10-23(35)11-9-21/h1-3,5-6,12-13,21-23,25,27,32,35H,4,7-11,14-19H2/p+2/t21?,22?,23?,25?,27?,30-/m0/s1. The van der Waals surface area contributed by atoms with Gasteiger partial charge in [-0.1, -0.05) is 30.3 Å². The van der Waals surface area contributed by atoms with E-state index in [-0.39, 0.29) is 23.5 Å². The molecule has 3 unspecified atom stereocenters. The first-order valence-electron chi connectivity index (χ1n) is 14.1. The van der Waals surface area contributed by atoms with Gasteiger partial charge in [0.25, 0.3) is 5.15 Å². The number of H-pyrrole nitrogens is 1. The van der Waals surface area contributed by atoms with Gasteiger partial charge in [0.15, 0.2) is 5.69 Å². The summed E-state index contributed by atoms with van der Waals surface area (Å²) in [5.74, 6) is 1.37. The number of benzene rings is 1. The highest BCUT2D eigenvalue weighted by molar-refractivity contribution is 6.28. The van der Waals surface area contributed by atoms with E-state index in [9.17, 15) is 9.90 Å². The smallest absolute Gasteiger partial charge is 0.273 e. The van der Waals surface area contributed by atoms with E-state index in [0.29, 0.717) is 22.9 Å². The second kappa shape index (κ2) is 10.1. The second-order valence-corrected chi connectivity index (χ2v) is 12.2. The Morgan fingerprint density at radius 2 is 1.89 bits per heavy atom. The number of nitrogens with one attached hydrogen (secondary N) is 1. The lowest BCUT2D eigenvalue weighted by atomic mass is 9.64. The van der Waals surface area contributed by atoms with Gasteiger partial charge in [0.05, 0.1) is 24.6 Å². The third-order valence-corrected chi connectivity index (χ3v) is 10.2. The van der Waals surface area contributed by atoms with E-state index in [1.165, 1.54) is 16.8 Å². The van der Waals surface area contributed by atoms with Crippen LogP contribution < -0.4 is 10.3 Å². The zero-order valence-electron chi connectivity index (χ0n) is 21.2. The molecule has 3 heterocycles. The van der Waals surface area contributed by atoms with Crippen molar-refractivity contribution in [1.29, 1.82) is 0 Å². The molecule has 1 aromatic carbocycles. The van der Waals surface area contributed by atoms with Gasteiger partial charge in [0.2, 0.25) is 5.91 Å². The number of amides is 1. The van der Waals surface area contributed by atoms with Crippen molar-refractivity contribution in [3.63, 3.8) is 0 Å². The van der Waals surface area contributed by atoms with Gasteiger partial charge in [-0.3, -0.25) is 4.79 Å². The van der Waals surface area contributed by atoms with E-state index < -0.39 is 0 Å². The Kier molecular flexibility index (Phi) is 6.83. The Labute approximate surface area is 219 Å². The predicted molar refractivity (Wildman–Crippen MR) is 140 cm³/mol. The number of nitrogens with two attached hydrogens (primary N) is 1. The van der Waals surface area contributed by atoms with Gasteiger partial charge in [-0.2, -0.15) is 4.98 Å². The van der Waals surface area contributed by atoms with E-state index in [4.69, 9.17) is 11.6 Å². The van der Waals surface area contributed by atoms with Crippen LogP contribution >= 0.6 is 11.6 Å².